The summed E-state index contributed by atoms with van der Waals surface area (Å²) in [4.78, 5) is 12.1. The van der Waals surface area contributed by atoms with Crippen LogP contribution in [0, 0.1) is 5.92 Å². The zero-order valence-electron chi connectivity index (χ0n) is 13.0. The highest BCUT2D eigenvalue weighted by molar-refractivity contribution is 6.42. The van der Waals surface area contributed by atoms with Gasteiger partial charge < -0.3 is 10.1 Å². The summed E-state index contributed by atoms with van der Waals surface area (Å²) in [5.74, 6) is 0.589. The standard InChI is InChI=1S/C16H19Cl2N3O2/c1-11(10-21-7-3-6-20-21)9-19-16(22)12(2)23-13-4-5-14(17)15(18)8-13/h3-8,11-12H,9-10H2,1-2H3,(H,19,22). The Bertz CT molecular complexity index is 647. The molecular weight excluding hydrogens is 337 g/mol. The Hall–Kier alpha value is -1.72. The number of amides is 1. The highest BCUT2D eigenvalue weighted by atomic mass is 35.5. The number of rotatable bonds is 7. The van der Waals surface area contributed by atoms with Crippen molar-refractivity contribution in [2.75, 3.05) is 6.54 Å². The van der Waals surface area contributed by atoms with Gasteiger partial charge in [0.2, 0.25) is 0 Å². The molecule has 1 N–H and O–H groups in total. The number of ether oxygens (including phenoxy) is 1. The molecule has 23 heavy (non-hydrogen) atoms. The van der Waals surface area contributed by atoms with Gasteiger partial charge in [0.15, 0.2) is 6.10 Å². The van der Waals surface area contributed by atoms with Gasteiger partial charge in [-0.05, 0) is 31.0 Å². The predicted octanol–water partition coefficient (Wildman–Crippen LogP) is 3.41. The van der Waals surface area contributed by atoms with Crippen LogP contribution in [0.5, 0.6) is 5.75 Å². The van der Waals surface area contributed by atoms with Crippen molar-refractivity contribution in [3.05, 3.63) is 46.7 Å². The fourth-order valence-corrected chi connectivity index (χ4v) is 2.31. The predicted molar refractivity (Wildman–Crippen MR) is 91.0 cm³/mol. The molecule has 5 nitrogen and oxygen atoms in total. The zero-order chi connectivity index (χ0) is 16.8. The van der Waals surface area contributed by atoms with Gasteiger partial charge in [-0.15, -0.1) is 0 Å². The van der Waals surface area contributed by atoms with Crippen molar-refractivity contribution in [1.29, 1.82) is 0 Å². The van der Waals surface area contributed by atoms with E-state index >= 15 is 0 Å². The van der Waals surface area contributed by atoms with E-state index < -0.39 is 6.10 Å². The third-order valence-corrected chi connectivity index (χ3v) is 3.99. The van der Waals surface area contributed by atoms with Crippen molar-refractivity contribution in [2.24, 2.45) is 5.92 Å². The summed E-state index contributed by atoms with van der Waals surface area (Å²) in [6.07, 6.45) is 3.01. The number of hydrogen-bond donors (Lipinski definition) is 1. The number of hydrogen-bond acceptors (Lipinski definition) is 3. The van der Waals surface area contributed by atoms with E-state index in [0.717, 1.165) is 6.54 Å². The fourth-order valence-electron chi connectivity index (χ4n) is 2.02. The number of nitrogens with one attached hydrogen (secondary N) is 1. The van der Waals surface area contributed by atoms with Crippen molar-refractivity contribution in [2.45, 2.75) is 26.5 Å². The average molecular weight is 356 g/mol. The van der Waals surface area contributed by atoms with Crippen LogP contribution in [0.4, 0.5) is 0 Å². The molecule has 1 aromatic carbocycles. The van der Waals surface area contributed by atoms with Gasteiger partial charge in [0.05, 0.1) is 10.0 Å². The molecule has 124 valence electrons. The van der Waals surface area contributed by atoms with Crippen LogP contribution in [-0.2, 0) is 11.3 Å². The summed E-state index contributed by atoms with van der Waals surface area (Å²) in [7, 11) is 0. The van der Waals surface area contributed by atoms with E-state index in [1.165, 1.54) is 0 Å². The molecule has 0 saturated carbocycles. The van der Waals surface area contributed by atoms with E-state index in [4.69, 9.17) is 27.9 Å². The summed E-state index contributed by atoms with van der Waals surface area (Å²) in [5, 5.41) is 7.86. The minimum Gasteiger partial charge on any atom is -0.481 e. The first-order valence-corrected chi connectivity index (χ1v) is 8.08. The summed E-state index contributed by atoms with van der Waals surface area (Å²) >= 11 is 11.8. The molecule has 1 aromatic heterocycles. The van der Waals surface area contributed by atoms with Gasteiger partial charge in [0.25, 0.3) is 5.91 Å². The highest BCUT2D eigenvalue weighted by Crippen LogP contribution is 2.26. The molecule has 0 saturated heterocycles. The van der Waals surface area contributed by atoms with Gasteiger partial charge in [-0.25, -0.2) is 0 Å². The quantitative estimate of drug-likeness (QED) is 0.827. The molecule has 0 spiro atoms. The SMILES string of the molecule is CC(CNC(=O)C(C)Oc1ccc(Cl)c(Cl)c1)Cn1cccn1. The lowest BCUT2D eigenvalue weighted by Crippen LogP contribution is -2.39. The Labute approximate surface area is 145 Å². The Kier molecular flexibility index (Phi) is 6.30. The Balaban J connectivity index is 1.79. The van der Waals surface area contributed by atoms with E-state index in [0.29, 0.717) is 22.3 Å². The zero-order valence-corrected chi connectivity index (χ0v) is 14.5. The van der Waals surface area contributed by atoms with E-state index in [2.05, 4.69) is 10.4 Å². The monoisotopic (exact) mass is 355 g/mol. The van der Waals surface area contributed by atoms with Crippen LogP contribution in [0.2, 0.25) is 10.0 Å². The molecule has 0 aliphatic rings. The molecule has 0 aliphatic heterocycles. The van der Waals surface area contributed by atoms with Gasteiger partial charge in [-0.3, -0.25) is 9.48 Å². The van der Waals surface area contributed by atoms with Gasteiger partial charge in [0, 0.05) is 31.5 Å². The molecule has 2 unspecified atom stereocenters. The van der Waals surface area contributed by atoms with E-state index in [1.807, 2.05) is 23.9 Å². The first-order chi connectivity index (χ1) is 11.0. The van der Waals surface area contributed by atoms with Crippen molar-refractivity contribution in [3.8, 4) is 5.75 Å². The van der Waals surface area contributed by atoms with Crippen molar-refractivity contribution in [3.63, 3.8) is 0 Å². The lowest BCUT2D eigenvalue weighted by molar-refractivity contribution is -0.127. The van der Waals surface area contributed by atoms with E-state index in [9.17, 15) is 4.79 Å². The average Bonchev–Trinajstić information content (AvgIpc) is 3.01. The third-order valence-electron chi connectivity index (χ3n) is 3.26. The van der Waals surface area contributed by atoms with Gasteiger partial charge in [0.1, 0.15) is 5.75 Å². The molecule has 0 fully saturated rings. The first-order valence-electron chi connectivity index (χ1n) is 7.32. The van der Waals surface area contributed by atoms with Crippen molar-refractivity contribution < 1.29 is 9.53 Å². The second-order valence-corrected chi connectivity index (χ2v) is 6.23. The topological polar surface area (TPSA) is 56.1 Å². The molecule has 1 heterocycles. The van der Waals surface area contributed by atoms with Crippen LogP contribution in [0.3, 0.4) is 0 Å². The van der Waals surface area contributed by atoms with E-state index in [-0.39, 0.29) is 11.8 Å². The number of aromatic nitrogens is 2. The fraction of sp³-hybridized carbons (Fsp3) is 0.375. The molecule has 0 bridgehead atoms. The Morgan fingerprint density at radius 3 is 2.78 bits per heavy atom. The minimum absolute atomic E-state index is 0.177. The summed E-state index contributed by atoms with van der Waals surface area (Å²) in [5.41, 5.74) is 0. The summed E-state index contributed by atoms with van der Waals surface area (Å²) < 4.78 is 7.42. The normalized spacial score (nSPS) is 13.4. The van der Waals surface area contributed by atoms with Gasteiger partial charge >= 0.3 is 0 Å². The molecule has 1 amide bonds. The summed E-state index contributed by atoms with van der Waals surface area (Å²) in [6, 6.07) is 6.78. The number of carbonyl (C=O) groups is 1. The number of carbonyl (C=O) groups excluding carboxylic acids is 1. The van der Waals surface area contributed by atoms with Crippen LogP contribution in [-0.4, -0.2) is 28.3 Å². The van der Waals surface area contributed by atoms with Crippen LogP contribution >= 0.6 is 23.2 Å². The Morgan fingerprint density at radius 1 is 1.35 bits per heavy atom. The number of benzene rings is 1. The number of halogens is 2. The Morgan fingerprint density at radius 2 is 2.13 bits per heavy atom. The molecule has 7 heteroatoms. The third kappa shape index (κ3) is 5.44. The van der Waals surface area contributed by atoms with Crippen LogP contribution in [0.15, 0.2) is 36.7 Å². The smallest absolute Gasteiger partial charge is 0.260 e. The highest BCUT2D eigenvalue weighted by Gasteiger charge is 2.16. The molecule has 0 radical (unpaired) electrons. The molecule has 2 atom stereocenters. The minimum atomic E-state index is -0.621. The van der Waals surface area contributed by atoms with Crippen LogP contribution < -0.4 is 10.1 Å². The molecule has 2 rings (SSSR count). The lowest BCUT2D eigenvalue weighted by atomic mass is 10.2. The second-order valence-electron chi connectivity index (χ2n) is 5.41. The molecule has 2 aromatic rings. The van der Waals surface area contributed by atoms with Gasteiger partial charge in [-0.1, -0.05) is 30.1 Å². The first kappa shape index (κ1) is 17.6. The van der Waals surface area contributed by atoms with Gasteiger partial charge in [-0.2, -0.15) is 5.10 Å². The van der Waals surface area contributed by atoms with E-state index in [1.54, 1.807) is 31.3 Å². The van der Waals surface area contributed by atoms with Crippen molar-refractivity contribution >= 4 is 29.1 Å². The van der Waals surface area contributed by atoms with Crippen LogP contribution in [0.25, 0.3) is 0 Å². The summed E-state index contributed by atoms with van der Waals surface area (Å²) in [6.45, 7) is 5.03. The maximum Gasteiger partial charge on any atom is 0.260 e. The maximum atomic E-state index is 12.1. The molecule has 0 aliphatic carbocycles. The second kappa shape index (κ2) is 8.22. The lowest BCUT2D eigenvalue weighted by Gasteiger charge is -2.17. The van der Waals surface area contributed by atoms with Crippen LogP contribution in [0.1, 0.15) is 13.8 Å². The largest absolute Gasteiger partial charge is 0.481 e. The molecular formula is C16H19Cl2N3O2. The number of nitrogens with zero attached hydrogens (tertiary/aromatic N) is 2. The van der Waals surface area contributed by atoms with Crippen molar-refractivity contribution in [1.82, 2.24) is 15.1 Å². The maximum absolute atomic E-state index is 12.1.